The van der Waals surface area contributed by atoms with Crippen molar-refractivity contribution in [3.8, 4) is 17.6 Å². The van der Waals surface area contributed by atoms with E-state index < -0.39 is 0 Å². The van der Waals surface area contributed by atoms with Crippen LogP contribution >= 0.6 is 0 Å². The number of hydrogen-bond acceptors (Lipinski definition) is 3. The summed E-state index contributed by atoms with van der Waals surface area (Å²) in [6, 6.07) is 8.34. The number of nitrogens with zero attached hydrogens (tertiary/aromatic N) is 1. The Bertz CT molecular complexity index is 470. The van der Waals surface area contributed by atoms with Crippen molar-refractivity contribution in [1.82, 2.24) is 0 Å². The van der Waals surface area contributed by atoms with Gasteiger partial charge in [-0.25, -0.2) is 0 Å². The summed E-state index contributed by atoms with van der Waals surface area (Å²) in [5.41, 5.74) is 0.825. The fourth-order valence-corrected chi connectivity index (χ4v) is 2.63. The zero-order valence-corrected chi connectivity index (χ0v) is 11.7. The first kappa shape index (κ1) is 13.7. The minimum absolute atomic E-state index is 0.311. The Hall–Kier alpha value is -1.69. The Labute approximate surface area is 115 Å². The van der Waals surface area contributed by atoms with E-state index in [4.69, 9.17) is 9.47 Å². The lowest BCUT2D eigenvalue weighted by molar-refractivity contribution is 0.147. The summed E-state index contributed by atoms with van der Waals surface area (Å²) in [6.07, 6.45) is 5.37. The van der Waals surface area contributed by atoms with Gasteiger partial charge in [0.15, 0.2) is 11.5 Å². The standard InChI is InChI=1S/C16H21NO2/c1-13-6-7-14(15(10-13)18-2)19-12-16(11-17)8-4-3-5-9-16/h6-7,10H,3-5,8-9,12H2,1-2H3. The molecular formula is C16H21NO2. The second-order valence-electron chi connectivity index (χ2n) is 5.40. The van der Waals surface area contributed by atoms with Gasteiger partial charge in [-0.3, -0.25) is 0 Å². The summed E-state index contributed by atoms with van der Waals surface area (Å²) in [7, 11) is 1.64. The SMILES string of the molecule is COc1cc(C)ccc1OCC1(C#N)CCCCC1. The summed E-state index contributed by atoms with van der Waals surface area (Å²) >= 11 is 0. The highest BCUT2D eigenvalue weighted by atomic mass is 16.5. The molecule has 0 aliphatic heterocycles. The quantitative estimate of drug-likeness (QED) is 0.824. The topological polar surface area (TPSA) is 42.2 Å². The first-order chi connectivity index (χ1) is 9.19. The van der Waals surface area contributed by atoms with E-state index in [2.05, 4.69) is 6.07 Å². The molecule has 1 aliphatic rings. The Morgan fingerprint density at radius 2 is 1.95 bits per heavy atom. The van der Waals surface area contributed by atoms with Crippen LogP contribution in [-0.4, -0.2) is 13.7 Å². The molecule has 0 aromatic heterocycles. The maximum atomic E-state index is 9.43. The van der Waals surface area contributed by atoms with Gasteiger partial charge in [0.2, 0.25) is 0 Å². The molecule has 102 valence electrons. The molecule has 0 atom stereocenters. The summed E-state index contributed by atoms with van der Waals surface area (Å²) in [4.78, 5) is 0. The van der Waals surface area contributed by atoms with E-state index in [0.717, 1.165) is 42.7 Å². The van der Waals surface area contributed by atoms with Gasteiger partial charge in [0.25, 0.3) is 0 Å². The molecule has 1 aromatic rings. The molecule has 0 radical (unpaired) electrons. The summed E-state index contributed by atoms with van der Waals surface area (Å²) < 4.78 is 11.2. The van der Waals surface area contributed by atoms with Crippen molar-refractivity contribution < 1.29 is 9.47 Å². The van der Waals surface area contributed by atoms with Crippen LogP contribution in [0.1, 0.15) is 37.7 Å². The van der Waals surface area contributed by atoms with Gasteiger partial charge >= 0.3 is 0 Å². The fourth-order valence-electron chi connectivity index (χ4n) is 2.63. The molecule has 2 rings (SSSR count). The van der Waals surface area contributed by atoms with Crippen molar-refractivity contribution in [3.05, 3.63) is 23.8 Å². The maximum Gasteiger partial charge on any atom is 0.161 e. The Kier molecular flexibility index (Phi) is 4.31. The summed E-state index contributed by atoms with van der Waals surface area (Å²) in [5.74, 6) is 1.47. The first-order valence-electron chi connectivity index (χ1n) is 6.88. The Morgan fingerprint density at radius 1 is 1.21 bits per heavy atom. The molecule has 0 spiro atoms. The third-order valence-corrected chi connectivity index (χ3v) is 3.87. The van der Waals surface area contributed by atoms with Gasteiger partial charge in [0.1, 0.15) is 6.61 Å². The van der Waals surface area contributed by atoms with Crippen LogP contribution in [0.2, 0.25) is 0 Å². The average Bonchev–Trinajstić information content (AvgIpc) is 2.47. The second kappa shape index (κ2) is 5.97. The smallest absolute Gasteiger partial charge is 0.161 e. The van der Waals surface area contributed by atoms with E-state index in [9.17, 15) is 5.26 Å². The molecule has 1 aromatic carbocycles. The van der Waals surface area contributed by atoms with Crippen LogP contribution in [0.15, 0.2) is 18.2 Å². The molecule has 0 unspecified atom stereocenters. The second-order valence-corrected chi connectivity index (χ2v) is 5.40. The minimum Gasteiger partial charge on any atom is -0.493 e. The molecule has 0 N–H and O–H groups in total. The van der Waals surface area contributed by atoms with Gasteiger partial charge in [-0.15, -0.1) is 0 Å². The average molecular weight is 259 g/mol. The van der Waals surface area contributed by atoms with Crippen molar-refractivity contribution >= 4 is 0 Å². The van der Waals surface area contributed by atoms with Crippen LogP contribution in [0.25, 0.3) is 0 Å². The predicted molar refractivity (Wildman–Crippen MR) is 74.4 cm³/mol. The molecular weight excluding hydrogens is 238 g/mol. The number of nitriles is 1. The van der Waals surface area contributed by atoms with Gasteiger partial charge in [0, 0.05) is 0 Å². The molecule has 0 amide bonds. The van der Waals surface area contributed by atoms with E-state index in [1.54, 1.807) is 7.11 Å². The van der Waals surface area contributed by atoms with Crippen molar-refractivity contribution in [1.29, 1.82) is 5.26 Å². The lowest BCUT2D eigenvalue weighted by Gasteiger charge is -2.30. The number of rotatable bonds is 4. The fraction of sp³-hybridized carbons (Fsp3) is 0.562. The number of benzene rings is 1. The molecule has 3 nitrogen and oxygen atoms in total. The predicted octanol–water partition coefficient (Wildman–Crippen LogP) is 3.86. The van der Waals surface area contributed by atoms with Crippen LogP contribution in [0.4, 0.5) is 0 Å². The summed E-state index contributed by atoms with van der Waals surface area (Å²) in [6.45, 7) is 2.48. The third-order valence-electron chi connectivity index (χ3n) is 3.87. The molecule has 0 saturated heterocycles. The van der Waals surface area contributed by atoms with E-state index in [1.807, 2.05) is 25.1 Å². The van der Waals surface area contributed by atoms with Gasteiger partial charge in [0.05, 0.1) is 18.6 Å². The van der Waals surface area contributed by atoms with E-state index in [-0.39, 0.29) is 5.41 Å². The van der Waals surface area contributed by atoms with Crippen molar-refractivity contribution in [2.45, 2.75) is 39.0 Å². The van der Waals surface area contributed by atoms with Crippen LogP contribution < -0.4 is 9.47 Å². The molecule has 1 saturated carbocycles. The zero-order valence-electron chi connectivity index (χ0n) is 11.7. The van der Waals surface area contributed by atoms with Crippen molar-refractivity contribution in [3.63, 3.8) is 0 Å². The lowest BCUT2D eigenvalue weighted by atomic mass is 9.76. The van der Waals surface area contributed by atoms with Gasteiger partial charge in [-0.05, 0) is 37.5 Å². The number of ether oxygens (including phenoxy) is 2. The monoisotopic (exact) mass is 259 g/mol. The lowest BCUT2D eigenvalue weighted by Crippen LogP contribution is -2.29. The summed E-state index contributed by atoms with van der Waals surface area (Å²) in [5, 5.41) is 9.43. The zero-order chi connectivity index (χ0) is 13.7. The number of hydrogen-bond donors (Lipinski definition) is 0. The molecule has 1 fully saturated rings. The van der Waals surface area contributed by atoms with Crippen molar-refractivity contribution in [2.24, 2.45) is 5.41 Å². The number of aryl methyl sites for hydroxylation is 1. The molecule has 0 bridgehead atoms. The van der Waals surface area contributed by atoms with Gasteiger partial charge < -0.3 is 9.47 Å². The van der Waals surface area contributed by atoms with Crippen molar-refractivity contribution in [2.75, 3.05) is 13.7 Å². The van der Waals surface area contributed by atoms with E-state index in [0.29, 0.717) is 6.61 Å². The normalized spacial score (nSPS) is 17.5. The van der Waals surface area contributed by atoms with Crippen LogP contribution in [0.5, 0.6) is 11.5 Å². The molecule has 1 aliphatic carbocycles. The highest BCUT2D eigenvalue weighted by Gasteiger charge is 2.33. The molecule has 3 heteroatoms. The highest BCUT2D eigenvalue weighted by molar-refractivity contribution is 5.42. The molecule has 19 heavy (non-hydrogen) atoms. The van der Waals surface area contributed by atoms with E-state index in [1.165, 1.54) is 6.42 Å². The largest absolute Gasteiger partial charge is 0.493 e. The van der Waals surface area contributed by atoms with Crippen LogP contribution in [-0.2, 0) is 0 Å². The van der Waals surface area contributed by atoms with Crippen LogP contribution in [0, 0.1) is 23.7 Å². The number of methoxy groups -OCH3 is 1. The van der Waals surface area contributed by atoms with Crippen LogP contribution in [0.3, 0.4) is 0 Å². The molecule has 0 heterocycles. The third kappa shape index (κ3) is 3.20. The van der Waals surface area contributed by atoms with Gasteiger partial charge in [-0.1, -0.05) is 25.3 Å². The minimum atomic E-state index is -0.311. The van der Waals surface area contributed by atoms with Gasteiger partial charge in [-0.2, -0.15) is 5.26 Å². The Balaban J connectivity index is 2.07. The highest BCUT2D eigenvalue weighted by Crippen LogP contribution is 2.37. The first-order valence-corrected chi connectivity index (χ1v) is 6.88. The Morgan fingerprint density at radius 3 is 2.58 bits per heavy atom. The maximum absolute atomic E-state index is 9.43. The van der Waals surface area contributed by atoms with E-state index >= 15 is 0 Å².